The van der Waals surface area contributed by atoms with Crippen LogP contribution in [0.4, 0.5) is 0 Å². The number of likely N-dealkylation sites (tertiary alicyclic amines) is 1. The molecule has 0 aromatic rings. The van der Waals surface area contributed by atoms with Crippen LogP contribution in [0.15, 0.2) is 0 Å². The maximum absolute atomic E-state index is 8.57. The standard InChI is InChI=1S/C11H18N2O2/c1-13-6-2-3-9(7-13)11-14-8-10(15-11)4-5-12/h9-11H,2-4,6-8H2,1H3. The summed E-state index contributed by atoms with van der Waals surface area (Å²) in [6.45, 7) is 2.80. The molecule has 4 heteroatoms. The van der Waals surface area contributed by atoms with Gasteiger partial charge in [-0.3, -0.25) is 0 Å². The molecule has 0 aromatic carbocycles. The van der Waals surface area contributed by atoms with Crippen molar-refractivity contribution >= 4 is 0 Å². The van der Waals surface area contributed by atoms with Gasteiger partial charge < -0.3 is 14.4 Å². The first-order valence-corrected chi connectivity index (χ1v) is 5.62. The van der Waals surface area contributed by atoms with Gasteiger partial charge in [-0.2, -0.15) is 5.26 Å². The van der Waals surface area contributed by atoms with Crippen LogP contribution in [0.3, 0.4) is 0 Å². The van der Waals surface area contributed by atoms with E-state index in [1.807, 2.05) is 0 Å². The predicted molar refractivity (Wildman–Crippen MR) is 55.1 cm³/mol. The monoisotopic (exact) mass is 210 g/mol. The van der Waals surface area contributed by atoms with Gasteiger partial charge in [0.05, 0.1) is 25.2 Å². The smallest absolute Gasteiger partial charge is 0.162 e. The van der Waals surface area contributed by atoms with E-state index in [0.29, 0.717) is 18.9 Å². The van der Waals surface area contributed by atoms with Crippen LogP contribution in [0.1, 0.15) is 19.3 Å². The molecule has 84 valence electrons. The highest BCUT2D eigenvalue weighted by Gasteiger charge is 2.34. The van der Waals surface area contributed by atoms with E-state index >= 15 is 0 Å². The Morgan fingerprint density at radius 3 is 3.13 bits per heavy atom. The van der Waals surface area contributed by atoms with Crippen LogP contribution in [0, 0.1) is 17.2 Å². The molecule has 0 N–H and O–H groups in total. The molecule has 0 radical (unpaired) electrons. The molecule has 2 heterocycles. The highest BCUT2D eigenvalue weighted by Crippen LogP contribution is 2.27. The molecule has 2 fully saturated rings. The number of hydrogen-bond donors (Lipinski definition) is 0. The lowest BCUT2D eigenvalue weighted by Gasteiger charge is -2.32. The third kappa shape index (κ3) is 2.69. The molecular weight excluding hydrogens is 192 g/mol. The third-order valence-electron chi connectivity index (χ3n) is 3.14. The first kappa shape index (κ1) is 10.9. The fraction of sp³-hybridized carbons (Fsp3) is 0.909. The molecule has 3 atom stereocenters. The van der Waals surface area contributed by atoms with E-state index in [0.717, 1.165) is 6.54 Å². The van der Waals surface area contributed by atoms with E-state index in [4.69, 9.17) is 14.7 Å². The lowest BCUT2D eigenvalue weighted by atomic mass is 9.98. The van der Waals surface area contributed by atoms with Gasteiger partial charge in [0.2, 0.25) is 0 Å². The van der Waals surface area contributed by atoms with Gasteiger partial charge >= 0.3 is 0 Å². The van der Waals surface area contributed by atoms with Crippen molar-refractivity contribution < 1.29 is 9.47 Å². The minimum atomic E-state index is -0.0777. The minimum absolute atomic E-state index is 0.00719. The number of piperidine rings is 1. The zero-order valence-electron chi connectivity index (χ0n) is 9.19. The van der Waals surface area contributed by atoms with Crippen molar-refractivity contribution in [2.24, 2.45) is 5.92 Å². The van der Waals surface area contributed by atoms with Gasteiger partial charge in [-0.05, 0) is 26.4 Å². The number of nitrogens with zero attached hydrogens (tertiary/aromatic N) is 2. The summed E-state index contributed by atoms with van der Waals surface area (Å²) in [5.74, 6) is 0.479. The van der Waals surface area contributed by atoms with E-state index < -0.39 is 0 Å². The topological polar surface area (TPSA) is 45.5 Å². The van der Waals surface area contributed by atoms with Crippen molar-refractivity contribution in [2.75, 3.05) is 26.7 Å². The second-order valence-electron chi connectivity index (χ2n) is 4.49. The van der Waals surface area contributed by atoms with Crippen molar-refractivity contribution in [3.8, 4) is 6.07 Å². The Bertz CT molecular complexity index is 251. The first-order valence-electron chi connectivity index (χ1n) is 5.62. The van der Waals surface area contributed by atoms with Gasteiger partial charge in [0.1, 0.15) is 0 Å². The predicted octanol–water partition coefficient (Wildman–Crippen LogP) is 0.983. The summed E-state index contributed by atoms with van der Waals surface area (Å²) < 4.78 is 11.3. The van der Waals surface area contributed by atoms with Crippen LogP contribution >= 0.6 is 0 Å². The normalized spacial score (nSPS) is 37.7. The molecule has 2 saturated heterocycles. The van der Waals surface area contributed by atoms with E-state index in [-0.39, 0.29) is 12.4 Å². The summed E-state index contributed by atoms with van der Waals surface area (Å²) in [5.41, 5.74) is 0. The van der Waals surface area contributed by atoms with Crippen LogP contribution in [0.5, 0.6) is 0 Å². The SMILES string of the molecule is CN1CCCC(C2OCC(CC#N)O2)C1. The van der Waals surface area contributed by atoms with Crippen LogP contribution in [-0.2, 0) is 9.47 Å². The molecule has 3 unspecified atom stereocenters. The van der Waals surface area contributed by atoms with Gasteiger partial charge in [-0.15, -0.1) is 0 Å². The zero-order chi connectivity index (χ0) is 10.7. The first-order chi connectivity index (χ1) is 7.29. The Morgan fingerprint density at radius 2 is 2.40 bits per heavy atom. The van der Waals surface area contributed by atoms with Crippen LogP contribution in [0.2, 0.25) is 0 Å². The van der Waals surface area contributed by atoms with E-state index in [2.05, 4.69) is 18.0 Å². The van der Waals surface area contributed by atoms with Crippen LogP contribution < -0.4 is 0 Å². The van der Waals surface area contributed by atoms with Crippen LogP contribution in [0.25, 0.3) is 0 Å². The van der Waals surface area contributed by atoms with Crippen molar-refractivity contribution in [1.82, 2.24) is 4.90 Å². The second-order valence-corrected chi connectivity index (χ2v) is 4.49. The van der Waals surface area contributed by atoms with Gasteiger partial charge in [-0.25, -0.2) is 0 Å². The molecule has 0 aromatic heterocycles. The second kappa shape index (κ2) is 4.93. The number of rotatable bonds is 2. The molecule has 0 saturated carbocycles. The Balaban J connectivity index is 1.82. The zero-order valence-corrected chi connectivity index (χ0v) is 9.19. The number of nitriles is 1. The maximum Gasteiger partial charge on any atom is 0.162 e. The summed E-state index contributed by atoms with van der Waals surface area (Å²) in [5, 5.41) is 8.57. The largest absolute Gasteiger partial charge is 0.350 e. The Hall–Kier alpha value is -0.630. The van der Waals surface area contributed by atoms with Gasteiger partial charge in [0.15, 0.2) is 6.29 Å². The molecule has 2 rings (SSSR count). The molecule has 0 aliphatic carbocycles. The lowest BCUT2D eigenvalue weighted by Crippen LogP contribution is -2.38. The molecule has 15 heavy (non-hydrogen) atoms. The summed E-state index contributed by atoms with van der Waals surface area (Å²) in [4.78, 5) is 2.32. The average Bonchev–Trinajstić information content (AvgIpc) is 2.67. The van der Waals surface area contributed by atoms with Gasteiger partial charge in [-0.1, -0.05) is 0 Å². The van der Waals surface area contributed by atoms with Crippen LogP contribution in [-0.4, -0.2) is 44.0 Å². The van der Waals surface area contributed by atoms with Crippen molar-refractivity contribution in [1.29, 1.82) is 5.26 Å². The fourth-order valence-electron chi connectivity index (χ4n) is 2.35. The maximum atomic E-state index is 8.57. The number of hydrogen-bond acceptors (Lipinski definition) is 4. The van der Waals surface area contributed by atoms with Gasteiger partial charge in [0, 0.05) is 12.5 Å². The molecule has 0 spiro atoms. The molecule has 0 bridgehead atoms. The lowest BCUT2D eigenvalue weighted by molar-refractivity contribution is -0.109. The number of ether oxygens (including phenoxy) is 2. The molecule has 4 nitrogen and oxygen atoms in total. The molecular formula is C11H18N2O2. The Kier molecular flexibility index (Phi) is 3.57. The summed E-state index contributed by atoms with van der Waals surface area (Å²) in [6.07, 6.45) is 2.75. The summed E-state index contributed by atoms with van der Waals surface area (Å²) in [7, 11) is 2.13. The Labute approximate surface area is 90.8 Å². The summed E-state index contributed by atoms with van der Waals surface area (Å²) >= 11 is 0. The van der Waals surface area contributed by atoms with E-state index in [1.165, 1.54) is 19.4 Å². The average molecular weight is 210 g/mol. The highest BCUT2D eigenvalue weighted by molar-refractivity contribution is 4.82. The molecule has 2 aliphatic heterocycles. The fourth-order valence-corrected chi connectivity index (χ4v) is 2.35. The van der Waals surface area contributed by atoms with Crippen molar-refractivity contribution in [3.05, 3.63) is 0 Å². The van der Waals surface area contributed by atoms with Crippen molar-refractivity contribution in [3.63, 3.8) is 0 Å². The third-order valence-corrected chi connectivity index (χ3v) is 3.14. The van der Waals surface area contributed by atoms with Gasteiger partial charge in [0.25, 0.3) is 0 Å². The van der Waals surface area contributed by atoms with E-state index in [1.54, 1.807) is 0 Å². The molecule has 0 amide bonds. The minimum Gasteiger partial charge on any atom is -0.350 e. The summed E-state index contributed by atoms with van der Waals surface area (Å²) in [6, 6.07) is 2.13. The van der Waals surface area contributed by atoms with E-state index in [9.17, 15) is 0 Å². The highest BCUT2D eigenvalue weighted by atomic mass is 16.7. The Morgan fingerprint density at radius 1 is 1.53 bits per heavy atom. The quantitative estimate of drug-likeness (QED) is 0.681. The van der Waals surface area contributed by atoms with Crippen molar-refractivity contribution in [2.45, 2.75) is 31.7 Å². The molecule has 2 aliphatic rings.